The van der Waals surface area contributed by atoms with Crippen molar-refractivity contribution in [1.29, 1.82) is 0 Å². The lowest BCUT2D eigenvalue weighted by atomic mass is 9.98. The van der Waals surface area contributed by atoms with Gasteiger partial charge in [-0.2, -0.15) is 0 Å². The molecule has 11 unspecified atom stereocenters. The summed E-state index contributed by atoms with van der Waals surface area (Å²) in [5.74, 6) is -0.933. The van der Waals surface area contributed by atoms with Crippen LogP contribution in [0.4, 0.5) is 0 Å². The van der Waals surface area contributed by atoms with E-state index < -0.39 is 92.7 Å². The smallest absolute Gasteiger partial charge is 0.306 e. The lowest BCUT2D eigenvalue weighted by Gasteiger charge is -2.42. The Kier molecular flexibility index (Phi) is 34.3. The number of hydrogen-bond donors (Lipinski definition) is 7. The summed E-state index contributed by atoms with van der Waals surface area (Å²) in [4.78, 5) is 25.4. The Labute approximate surface area is 385 Å². The molecule has 0 saturated carbocycles. The average molecular weight is 921 g/mol. The molecule has 15 nitrogen and oxygen atoms in total. The van der Waals surface area contributed by atoms with Crippen LogP contribution in [-0.2, 0) is 38.0 Å². The minimum atomic E-state index is -1.76. The van der Waals surface area contributed by atoms with Gasteiger partial charge in [-0.1, -0.05) is 181 Å². The summed E-state index contributed by atoms with van der Waals surface area (Å²) in [5.41, 5.74) is 0. The van der Waals surface area contributed by atoms with E-state index in [0.717, 1.165) is 38.5 Å². The van der Waals surface area contributed by atoms with Gasteiger partial charge in [-0.15, -0.1) is 0 Å². The van der Waals surface area contributed by atoms with E-state index in [2.05, 4.69) is 13.8 Å². The summed E-state index contributed by atoms with van der Waals surface area (Å²) in [6.07, 6.45) is 18.1. The first-order chi connectivity index (χ1) is 31.0. The van der Waals surface area contributed by atoms with Crippen LogP contribution in [0.15, 0.2) is 0 Å². The van der Waals surface area contributed by atoms with Crippen LogP contribution >= 0.6 is 0 Å². The Morgan fingerprint density at radius 1 is 0.438 bits per heavy atom. The predicted octanol–water partition coefficient (Wildman–Crippen LogP) is 6.82. The molecule has 0 aromatic carbocycles. The zero-order valence-corrected chi connectivity index (χ0v) is 39.8. The summed E-state index contributed by atoms with van der Waals surface area (Å²) in [7, 11) is 0. The van der Waals surface area contributed by atoms with Crippen molar-refractivity contribution in [2.45, 2.75) is 274 Å². The van der Waals surface area contributed by atoms with E-state index in [4.69, 9.17) is 28.4 Å². The highest BCUT2D eigenvalue weighted by atomic mass is 16.7. The highest BCUT2D eigenvalue weighted by molar-refractivity contribution is 5.70. The minimum absolute atomic E-state index is 0.172. The predicted molar refractivity (Wildman–Crippen MR) is 243 cm³/mol. The van der Waals surface area contributed by atoms with Crippen LogP contribution in [0.1, 0.15) is 206 Å². The van der Waals surface area contributed by atoms with Crippen molar-refractivity contribution in [1.82, 2.24) is 0 Å². The van der Waals surface area contributed by atoms with Gasteiger partial charge in [0, 0.05) is 12.8 Å². The highest BCUT2D eigenvalue weighted by Gasteiger charge is 2.47. The van der Waals surface area contributed by atoms with E-state index in [-0.39, 0.29) is 26.1 Å². The average Bonchev–Trinajstić information content (AvgIpc) is 3.29. The van der Waals surface area contributed by atoms with Gasteiger partial charge in [0.2, 0.25) is 0 Å². The third kappa shape index (κ3) is 25.6. The van der Waals surface area contributed by atoms with Crippen LogP contribution in [0.5, 0.6) is 0 Å². The quantitative estimate of drug-likeness (QED) is 0.0247. The molecule has 7 N–H and O–H groups in total. The molecule has 2 fully saturated rings. The van der Waals surface area contributed by atoms with Crippen LogP contribution < -0.4 is 0 Å². The minimum Gasteiger partial charge on any atom is -0.462 e. The normalized spacial score (nSPS) is 26.5. The second-order valence-electron chi connectivity index (χ2n) is 18.4. The van der Waals surface area contributed by atoms with Crippen molar-refractivity contribution in [2.75, 3.05) is 26.4 Å². The largest absolute Gasteiger partial charge is 0.462 e. The fraction of sp³-hybridized carbons (Fsp3) is 0.959. The van der Waals surface area contributed by atoms with Crippen molar-refractivity contribution < 1.29 is 73.8 Å². The van der Waals surface area contributed by atoms with Crippen LogP contribution in [0.2, 0.25) is 0 Å². The number of esters is 2. The monoisotopic (exact) mass is 921 g/mol. The Bertz CT molecular complexity index is 1130. The van der Waals surface area contributed by atoms with Crippen LogP contribution in [0, 0.1) is 0 Å². The highest BCUT2D eigenvalue weighted by Crippen LogP contribution is 2.26. The third-order valence-electron chi connectivity index (χ3n) is 12.6. The molecule has 2 aliphatic rings. The van der Waals surface area contributed by atoms with E-state index in [9.17, 15) is 45.3 Å². The first kappa shape index (κ1) is 58.6. The van der Waals surface area contributed by atoms with Gasteiger partial charge >= 0.3 is 11.9 Å². The molecular formula is C49H92O15. The number of aliphatic hydroxyl groups is 7. The molecule has 0 aliphatic carbocycles. The van der Waals surface area contributed by atoms with E-state index in [1.54, 1.807) is 0 Å². The van der Waals surface area contributed by atoms with Crippen LogP contribution in [0.3, 0.4) is 0 Å². The van der Waals surface area contributed by atoms with Gasteiger partial charge in [0.1, 0.15) is 55.4 Å². The maximum absolute atomic E-state index is 12.9. The van der Waals surface area contributed by atoms with Crippen molar-refractivity contribution in [3.05, 3.63) is 0 Å². The molecule has 2 aliphatic heterocycles. The molecule has 0 bridgehead atoms. The first-order valence-electron chi connectivity index (χ1n) is 25.6. The summed E-state index contributed by atoms with van der Waals surface area (Å²) in [5, 5.41) is 71.7. The summed E-state index contributed by atoms with van der Waals surface area (Å²) >= 11 is 0. The van der Waals surface area contributed by atoms with Gasteiger partial charge in [0.15, 0.2) is 18.7 Å². The molecule has 0 amide bonds. The zero-order valence-electron chi connectivity index (χ0n) is 39.8. The second-order valence-corrected chi connectivity index (χ2v) is 18.4. The number of aliphatic hydroxyl groups excluding tert-OH is 7. The van der Waals surface area contributed by atoms with Gasteiger partial charge in [0.05, 0.1) is 19.8 Å². The van der Waals surface area contributed by atoms with Crippen molar-refractivity contribution in [3.8, 4) is 0 Å². The number of hydrogen-bond acceptors (Lipinski definition) is 15. The van der Waals surface area contributed by atoms with Gasteiger partial charge in [-0.25, -0.2) is 0 Å². The molecule has 378 valence electrons. The number of carbonyl (C=O) groups is 2. The van der Waals surface area contributed by atoms with E-state index in [1.807, 2.05) is 0 Å². The fourth-order valence-electron chi connectivity index (χ4n) is 8.34. The maximum atomic E-state index is 12.9. The molecule has 64 heavy (non-hydrogen) atoms. The molecule has 2 rings (SSSR count). The lowest BCUT2D eigenvalue weighted by Crippen LogP contribution is -2.61. The van der Waals surface area contributed by atoms with Gasteiger partial charge in [0.25, 0.3) is 0 Å². The number of ether oxygens (including phenoxy) is 6. The number of unbranched alkanes of at least 4 members (excludes halogenated alkanes) is 26. The topological polar surface area (TPSA) is 231 Å². The van der Waals surface area contributed by atoms with E-state index >= 15 is 0 Å². The molecule has 0 aromatic rings. The fourth-order valence-corrected chi connectivity index (χ4v) is 8.34. The number of rotatable bonds is 40. The van der Waals surface area contributed by atoms with E-state index in [1.165, 1.54) is 128 Å². The van der Waals surface area contributed by atoms with Crippen LogP contribution in [0.25, 0.3) is 0 Å². The standard InChI is InChI=1S/C49H92O15/c1-3-5-7-9-10-11-12-13-14-15-16-17-18-19-20-21-22-23-24-25-26-27-28-30-32-41(52)62-37(34-59-40(51)31-29-8-6-4-2)35-60-48-47(58)45(56)43(54)39(64-48)36-61-49-46(57)44(55)42(53)38(33-50)63-49/h37-39,42-50,53-58H,3-36H2,1-2H3. The molecule has 11 atom stereocenters. The van der Waals surface area contributed by atoms with Gasteiger partial charge < -0.3 is 64.2 Å². The molecule has 0 spiro atoms. The van der Waals surface area contributed by atoms with E-state index in [0.29, 0.717) is 12.8 Å². The number of carbonyl (C=O) groups excluding carboxylic acids is 2. The molecule has 2 saturated heterocycles. The van der Waals surface area contributed by atoms with Crippen LogP contribution in [-0.4, -0.2) is 142 Å². The zero-order chi connectivity index (χ0) is 46.8. The summed E-state index contributed by atoms with van der Waals surface area (Å²) in [6.45, 7) is 2.48. The molecule has 2 heterocycles. The molecule has 15 heteroatoms. The molecule has 0 aromatic heterocycles. The lowest BCUT2D eigenvalue weighted by molar-refractivity contribution is -0.332. The Hall–Kier alpha value is -1.50. The van der Waals surface area contributed by atoms with Crippen molar-refractivity contribution in [3.63, 3.8) is 0 Å². The summed E-state index contributed by atoms with van der Waals surface area (Å²) in [6, 6.07) is 0. The third-order valence-corrected chi connectivity index (χ3v) is 12.6. The Morgan fingerprint density at radius 3 is 1.23 bits per heavy atom. The SMILES string of the molecule is CCCCCCCCCCCCCCCCCCCCCCCCCCC(=O)OC(COC(=O)CCCCCC)COC1OC(COC2OC(CO)C(O)C(O)C2O)C(O)C(O)C1O. The Morgan fingerprint density at radius 2 is 0.797 bits per heavy atom. The van der Waals surface area contributed by atoms with Crippen molar-refractivity contribution in [2.24, 2.45) is 0 Å². The molecular weight excluding hydrogens is 829 g/mol. The Balaban J connectivity index is 1.65. The molecule has 0 radical (unpaired) electrons. The maximum Gasteiger partial charge on any atom is 0.306 e. The van der Waals surface area contributed by atoms with Crippen molar-refractivity contribution >= 4 is 11.9 Å². The first-order valence-corrected chi connectivity index (χ1v) is 25.6. The van der Waals surface area contributed by atoms with Gasteiger partial charge in [-0.3, -0.25) is 9.59 Å². The summed E-state index contributed by atoms with van der Waals surface area (Å²) < 4.78 is 33.3. The van der Waals surface area contributed by atoms with Gasteiger partial charge in [-0.05, 0) is 12.8 Å². The second kappa shape index (κ2) is 37.5.